The third-order valence-electron chi connectivity index (χ3n) is 2.75. The first kappa shape index (κ1) is 13.3. The Kier molecular flexibility index (Phi) is 3.13. The Bertz CT molecular complexity index is 537. The van der Waals surface area contributed by atoms with Crippen molar-refractivity contribution in [3.05, 3.63) is 48.0 Å². The van der Waals surface area contributed by atoms with Crippen LogP contribution < -0.4 is 5.73 Å². The maximum Gasteiger partial charge on any atom is 0.333 e. The highest BCUT2D eigenvalue weighted by molar-refractivity contribution is 5.92. The van der Waals surface area contributed by atoms with Crippen LogP contribution in [-0.4, -0.2) is 22.8 Å². The number of carbonyl (C=O) groups excluding carboxylic acids is 2. The van der Waals surface area contributed by atoms with Crippen molar-refractivity contribution in [2.24, 2.45) is 5.73 Å². The smallest absolute Gasteiger partial charge is 0.333 e. The van der Waals surface area contributed by atoms with Gasteiger partial charge in [-0.3, -0.25) is 5.73 Å². The number of esters is 2. The van der Waals surface area contributed by atoms with Crippen molar-refractivity contribution in [2.75, 3.05) is 0 Å². The molecular weight excluding hydrogens is 250 g/mol. The zero-order valence-corrected chi connectivity index (χ0v) is 10.2. The minimum absolute atomic E-state index is 0.205. The van der Waals surface area contributed by atoms with E-state index in [1.165, 1.54) is 19.1 Å². The lowest BCUT2D eigenvalue weighted by molar-refractivity contribution is -0.291. The highest BCUT2D eigenvalue weighted by Gasteiger charge is 2.53. The van der Waals surface area contributed by atoms with E-state index in [1.807, 2.05) is 0 Å². The molecule has 0 amide bonds. The molecule has 0 saturated carbocycles. The average molecular weight is 263 g/mol. The number of ether oxygens (including phenoxy) is 2. The van der Waals surface area contributed by atoms with Gasteiger partial charge in [-0.25, -0.2) is 9.59 Å². The van der Waals surface area contributed by atoms with Crippen molar-refractivity contribution in [3.63, 3.8) is 0 Å². The first-order valence-corrected chi connectivity index (χ1v) is 5.56. The molecule has 1 aromatic rings. The molecule has 2 rings (SSSR count). The molecule has 6 nitrogen and oxygen atoms in total. The molecule has 1 heterocycles. The van der Waals surface area contributed by atoms with Crippen LogP contribution >= 0.6 is 0 Å². The van der Waals surface area contributed by atoms with Crippen LogP contribution in [0.1, 0.15) is 12.5 Å². The maximum absolute atomic E-state index is 11.5. The highest BCUT2D eigenvalue weighted by atomic mass is 16.7. The van der Waals surface area contributed by atoms with E-state index in [4.69, 9.17) is 15.2 Å². The van der Waals surface area contributed by atoms with Crippen LogP contribution in [0.2, 0.25) is 0 Å². The van der Waals surface area contributed by atoms with Crippen LogP contribution in [0, 0.1) is 0 Å². The van der Waals surface area contributed by atoms with Gasteiger partial charge in [-0.2, -0.15) is 0 Å². The zero-order valence-electron chi connectivity index (χ0n) is 10.2. The summed E-state index contributed by atoms with van der Waals surface area (Å²) in [5.41, 5.74) is 4.09. The predicted octanol–water partition coefficient (Wildman–Crippen LogP) is 0.163. The molecule has 100 valence electrons. The molecule has 0 radical (unpaired) electrons. The fourth-order valence-corrected chi connectivity index (χ4v) is 1.74. The molecule has 0 aliphatic carbocycles. The lowest BCUT2D eigenvalue weighted by Gasteiger charge is -2.40. The number of hydrogen-bond acceptors (Lipinski definition) is 6. The normalized spacial score (nSPS) is 32.8. The molecular formula is C13H13NO5. The van der Waals surface area contributed by atoms with Crippen LogP contribution in [0.25, 0.3) is 0 Å². The summed E-state index contributed by atoms with van der Waals surface area (Å²) >= 11 is 0. The number of carbonyl (C=O) groups is 2. The quantitative estimate of drug-likeness (QED) is 0.700. The Morgan fingerprint density at radius 3 is 2.16 bits per heavy atom. The summed E-state index contributed by atoms with van der Waals surface area (Å²) in [5.74, 6) is -4.00. The molecule has 0 aromatic heterocycles. The monoisotopic (exact) mass is 263 g/mol. The molecule has 19 heavy (non-hydrogen) atoms. The highest BCUT2D eigenvalue weighted by Crippen LogP contribution is 2.34. The van der Waals surface area contributed by atoms with E-state index in [1.54, 1.807) is 18.2 Å². The first-order chi connectivity index (χ1) is 8.85. The van der Waals surface area contributed by atoms with Gasteiger partial charge in [0.25, 0.3) is 5.79 Å². The Labute approximate surface area is 109 Å². The molecule has 0 bridgehead atoms. The molecule has 1 aromatic carbocycles. The Hall–Kier alpha value is -2.18. The molecule has 6 heteroatoms. The molecule has 0 fully saturated rings. The van der Waals surface area contributed by atoms with E-state index in [2.05, 4.69) is 0 Å². The molecule has 2 atom stereocenters. The largest absolute Gasteiger partial charge is 0.434 e. The lowest BCUT2D eigenvalue weighted by Crippen LogP contribution is -2.61. The van der Waals surface area contributed by atoms with Gasteiger partial charge in [-0.15, -0.1) is 0 Å². The Morgan fingerprint density at radius 2 is 1.58 bits per heavy atom. The minimum Gasteiger partial charge on any atom is -0.434 e. The maximum atomic E-state index is 11.5. The number of aliphatic hydroxyl groups is 1. The second-order valence-corrected chi connectivity index (χ2v) is 4.29. The molecule has 0 unspecified atom stereocenters. The third-order valence-corrected chi connectivity index (χ3v) is 2.75. The van der Waals surface area contributed by atoms with Gasteiger partial charge in [-0.05, 0) is 6.92 Å². The Balaban J connectivity index is 2.54. The van der Waals surface area contributed by atoms with Crippen molar-refractivity contribution in [1.82, 2.24) is 0 Å². The van der Waals surface area contributed by atoms with E-state index >= 15 is 0 Å². The molecule has 1 aliphatic rings. The summed E-state index contributed by atoms with van der Waals surface area (Å²) in [6.07, 6.45) is 1.75. The van der Waals surface area contributed by atoms with Crippen LogP contribution in [0.5, 0.6) is 0 Å². The molecule has 1 aliphatic heterocycles. The molecule has 3 N–H and O–H groups in total. The number of nitrogens with two attached hydrogens (primary N) is 1. The molecule has 0 spiro atoms. The van der Waals surface area contributed by atoms with Crippen molar-refractivity contribution in [1.29, 1.82) is 0 Å². The summed E-state index contributed by atoms with van der Waals surface area (Å²) in [5, 5.41) is 10.6. The Morgan fingerprint density at radius 1 is 1.05 bits per heavy atom. The summed E-state index contributed by atoms with van der Waals surface area (Å²) < 4.78 is 9.88. The van der Waals surface area contributed by atoms with Crippen molar-refractivity contribution < 1.29 is 24.2 Å². The summed E-state index contributed by atoms with van der Waals surface area (Å²) in [4.78, 5) is 22.9. The third kappa shape index (κ3) is 2.35. The number of rotatable bonds is 1. The van der Waals surface area contributed by atoms with Crippen LogP contribution in [0.3, 0.4) is 0 Å². The van der Waals surface area contributed by atoms with Gasteiger partial charge >= 0.3 is 11.9 Å². The zero-order chi connectivity index (χ0) is 14.1. The van der Waals surface area contributed by atoms with Crippen molar-refractivity contribution in [2.45, 2.75) is 18.4 Å². The van der Waals surface area contributed by atoms with Gasteiger partial charge in [0.2, 0.25) is 5.72 Å². The molecule has 0 saturated heterocycles. The second kappa shape index (κ2) is 4.49. The van der Waals surface area contributed by atoms with Gasteiger partial charge in [-0.1, -0.05) is 30.3 Å². The van der Waals surface area contributed by atoms with E-state index < -0.39 is 23.5 Å². The van der Waals surface area contributed by atoms with Crippen LogP contribution in [0.4, 0.5) is 0 Å². The van der Waals surface area contributed by atoms with E-state index in [-0.39, 0.29) is 5.56 Å². The van der Waals surface area contributed by atoms with Gasteiger partial charge in [0, 0.05) is 17.7 Å². The van der Waals surface area contributed by atoms with E-state index in [0.29, 0.717) is 0 Å². The van der Waals surface area contributed by atoms with Gasteiger partial charge in [0.05, 0.1) is 0 Å². The van der Waals surface area contributed by atoms with Gasteiger partial charge in [0.15, 0.2) is 0 Å². The topological polar surface area (TPSA) is 98.9 Å². The summed E-state index contributed by atoms with van der Waals surface area (Å²) in [6, 6.07) is 8.01. The van der Waals surface area contributed by atoms with Crippen molar-refractivity contribution >= 4 is 11.9 Å². The van der Waals surface area contributed by atoms with Gasteiger partial charge in [0.1, 0.15) is 0 Å². The lowest BCUT2D eigenvalue weighted by atomic mass is 9.95. The van der Waals surface area contributed by atoms with E-state index in [0.717, 1.165) is 12.2 Å². The fourth-order valence-electron chi connectivity index (χ4n) is 1.74. The first-order valence-electron chi connectivity index (χ1n) is 5.56. The van der Waals surface area contributed by atoms with Crippen molar-refractivity contribution in [3.8, 4) is 0 Å². The number of benzene rings is 1. The fraction of sp³-hybridized carbons (Fsp3) is 0.231. The predicted molar refractivity (Wildman–Crippen MR) is 64.3 cm³/mol. The summed E-state index contributed by atoms with van der Waals surface area (Å²) in [7, 11) is 0. The van der Waals surface area contributed by atoms with Crippen LogP contribution in [-0.2, 0) is 24.8 Å². The SMILES string of the molecule is C[C@@]1(N)OC(=O)/C=C\C(=O)O[C@@]1(O)c1ccccc1. The van der Waals surface area contributed by atoms with Gasteiger partial charge < -0.3 is 14.6 Å². The standard InChI is InChI=1S/C13H13NO5/c1-12(14)13(17,9-5-3-2-4-6-9)19-11(16)8-7-10(15)18-12/h2-8,17H,14H2,1H3/b8-7-/t12-,13+/m1/s1. The summed E-state index contributed by atoms with van der Waals surface area (Å²) in [6.45, 7) is 1.25. The van der Waals surface area contributed by atoms with E-state index in [9.17, 15) is 14.7 Å². The average Bonchev–Trinajstić information content (AvgIpc) is 2.35. The number of cyclic esters (lactones) is 2. The van der Waals surface area contributed by atoms with Crippen LogP contribution in [0.15, 0.2) is 42.5 Å². The number of hydrogen-bond donors (Lipinski definition) is 2. The second-order valence-electron chi connectivity index (χ2n) is 4.29. The minimum atomic E-state index is -2.27.